The molecule has 5 nitrogen and oxygen atoms in total. The van der Waals surface area contributed by atoms with Gasteiger partial charge in [-0.3, -0.25) is 14.8 Å². The third kappa shape index (κ3) is 3.42. The highest BCUT2D eigenvalue weighted by molar-refractivity contribution is 5.74. The number of hydrogen-bond acceptors (Lipinski definition) is 3. The van der Waals surface area contributed by atoms with Gasteiger partial charge in [0, 0.05) is 19.3 Å². The van der Waals surface area contributed by atoms with Crippen LogP contribution in [0.4, 0.5) is 0 Å². The average Bonchev–Trinajstić information content (AvgIpc) is 2.19. The van der Waals surface area contributed by atoms with Crippen LogP contribution in [0, 0.1) is 0 Å². The van der Waals surface area contributed by atoms with E-state index in [1.165, 1.54) is 17.7 Å². The van der Waals surface area contributed by atoms with Crippen molar-refractivity contribution in [1.82, 2.24) is 9.63 Å². The van der Waals surface area contributed by atoms with Gasteiger partial charge in [-0.15, -0.1) is 0 Å². The second-order valence-corrected chi connectivity index (χ2v) is 5.05. The molecule has 1 heterocycles. The van der Waals surface area contributed by atoms with Crippen LogP contribution in [0.5, 0.6) is 0 Å². The highest BCUT2D eigenvalue weighted by Crippen LogP contribution is 2.19. The monoisotopic (exact) mass is 238 g/mol. The van der Waals surface area contributed by atoms with Crippen molar-refractivity contribution in [3.8, 4) is 0 Å². The lowest BCUT2D eigenvalue weighted by atomic mass is 9.88. The van der Waals surface area contributed by atoms with E-state index in [2.05, 4.69) is 0 Å². The molecular weight excluding hydrogens is 220 g/mol. The van der Waals surface area contributed by atoms with Gasteiger partial charge in [0.2, 0.25) is 0 Å². The van der Waals surface area contributed by atoms with Crippen molar-refractivity contribution in [2.24, 2.45) is 0 Å². The maximum Gasteiger partial charge on any atom is 0.265 e. The Kier molecular flexibility index (Phi) is 3.72. The van der Waals surface area contributed by atoms with Gasteiger partial charge in [0.25, 0.3) is 11.5 Å². The summed E-state index contributed by atoms with van der Waals surface area (Å²) in [5.41, 5.74) is 0.576. The number of amides is 1. The zero-order valence-electron chi connectivity index (χ0n) is 10.6. The first-order valence-corrected chi connectivity index (χ1v) is 5.38. The summed E-state index contributed by atoms with van der Waals surface area (Å²) in [4.78, 5) is 23.0. The topological polar surface area (TPSA) is 62.5 Å². The number of carbonyl (C=O) groups is 1. The zero-order chi connectivity index (χ0) is 13.2. The molecule has 0 fully saturated rings. The molecule has 0 aliphatic rings. The SMILES string of the molecule is CN(O)C(=O)Cn1ccc(C(C)(C)C)cc1=O. The molecule has 0 saturated heterocycles. The lowest BCUT2D eigenvalue weighted by Gasteiger charge is -2.19. The summed E-state index contributed by atoms with van der Waals surface area (Å²) in [7, 11) is 1.23. The molecule has 0 atom stereocenters. The van der Waals surface area contributed by atoms with E-state index in [1.54, 1.807) is 6.20 Å². The Morgan fingerprint density at radius 1 is 1.47 bits per heavy atom. The second kappa shape index (κ2) is 4.71. The van der Waals surface area contributed by atoms with Crippen LogP contribution < -0.4 is 5.56 Å². The van der Waals surface area contributed by atoms with Crippen LogP contribution >= 0.6 is 0 Å². The largest absolute Gasteiger partial charge is 0.306 e. The van der Waals surface area contributed by atoms with E-state index < -0.39 is 5.91 Å². The Morgan fingerprint density at radius 3 is 2.47 bits per heavy atom. The van der Waals surface area contributed by atoms with Gasteiger partial charge >= 0.3 is 0 Å². The molecule has 1 amide bonds. The minimum atomic E-state index is -0.532. The summed E-state index contributed by atoms with van der Waals surface area (Å²) < 4.78 is 1.27. The molecule has 1 aromatic heterocycles. The fraction of sp³-hybridized carbons (Fsp3) is 0.500. The number of likely N-dealkylation sites (N-methyl/N-ethyl adjacent to an activating group) is 1. The third-order valence-electron chi connectivity index (χ3n) is 2.53. The molecule has 17 heavy (non-hydrogen) atoms. The van der Waals surface area contributed by atoms with Gasteiger partial charge in [0.1, 0.15) is 6.54 Å². The maximum atomic E-state index is 11.8. The van der Waals surface area contributed by atoms with E-state index in [9.17, 15) is 9.59 Å². The van der Waals surface area contributed by atoms with Gasteiger partial charge in [0.15, 0.2) is 0 Å². The molecule has 5 heteroatoms. The zero-order valence-corrected chi connectivity index (χ0v) is 10.6. The van der Waals surface area contributed by atoms with Crippen LogP contribution in [-0.2, 0) is 16.8 Å². The lowest BCUT2D eigenvalue weighted by molar-refractivity contribution is -0.160. The predicted molar refractivity (Wildman–Crippen MR) is 64.0 cm³/mol. The summed E-state index contributed by atoms with van der Waals surface area (Å²) in [6.45, 7) is 5.88. The molecule has 0 radical (unpaired) electrons. The number of hydrogen-bond donors (Lipinski definition) is 1. The molecule has 0 aliphatic carbocycles. The van der Waals surface area contributed by atoms with Crippen molar-refractivity contribution in [2.45, 2.75) is 32.7 Å². The molecule has 1 N–H and O–H groups in total. The number of nitrogens with zero attached hydrogens (tertiary/aromatic N) is 2. The minimum Gasteiger partial charge on any atom is -0.306 e. The van der Waals surface area contributed by atoms with E-state index >= 15 is 0 Å². The summed E-state index contributed by atoms with van der Waals surface area (Å²) >= 11 is 0. The normalized spacial score (nSPS) is 11.4. The highest BCUT2D eigenvalue weighted by atomic mass is 16.5. The average molecular weight is 238 g/mol. The van der Waals surface area contributed by atoms with E-state index in [1.807, 2.05) is 26.8 Å². The van der Waals surface area contributed by atoms with Crippen molar-refractivity contribution in [3.63, 3.8) is 0 Å². The molecule has 94 valence electrons. The van der Waals surface area contributed by atoms with E-state index in [0.717, 1.165) is 5.56 Å². The smallest absolute Gasteiger partial charge is 0.265 e. The number of aromatic nitrogens is 1. The molecule has 0 spiro atoms. The van der Waals surface area contributed by atoms with Crippen LogP contribution in [-0.4, -0.2) is 27.8 Å². The first-order valence-electron chi connectivity index (χ1n) is 5.38. The summed E-state index contributed by atoms with van der Waals surface area (Å²) in [5, 5.41) is 9.40. The maximum absolute atomic E-state index is 11.8. The molecule has 0 bridgehead atoms. The van der Waals surface area contributed by atoms with Crippen molar-refractivity contribution >= 4 is 5.91 Å². The Hall–Kier alpha value is -1.62. The Labute approximate surface area is 100 Å². The van der Waals surface area contributed by atoms with Gasteiger partial charge in [-0.1, -0.05) is 20.8 Å². The van der Waals surface area contributed by atoms with Gasteiger partial charge < -0.3 is 4.57 Å². The van der Waals surface area contributed by atoms with Gasteiger partial charge in [-0.05, 0) is 17.0 Å². The molecule has 1 rings (SSSR count). The van der Waals surface area contributed by atoms with Crippen LogP contribution in [0.2, 0.25) is 0 Å². The molecular formula is C12H18N2O3. The third-order valence-corrected chi connectivity index (χ3v) is 2.53. The minimum absolute atomic E-state index is 0.101. The molecule has 0 saturated carbocycles. The first kappa shape index (κ1) is 13.4. The summed E-state index contributed by atoms with van der Waals surface area (Å²) in [5.74, 6) is -0.532. The summed E-state index contributed by atoms with van der Waals surface area (Å²) in [6.07, 6.45) is 1.57. The van der Waals surface area contributed by atoms with Crippen LogP contribution in [0.3, 0.4) is 0 Å². The van der Waals surface area contributed by atoms with Crippen molar-refractivity contribution < 1.29 is 10.0 Å². The Bertz CT molecular complexity index is 469. The molecule has 1 aromatic rings. The van der Waals surface area contributed by atoms with E-state index in [-0.39, 0.29) is 17.5 Å². The predicted octanol–water partition coefficient (Wildman–Crippen LogP) is 0.993. The van der Waals surface area contributed by atoms with Crippen LogP contribution in [0.1, 0.15) is 26.3 Å². The fourth-order valence-corrected chi connectivity index (χ4v) is 1.35. The quantitative estimate of drug-likeness (QED) is 0.617. The molecule has 0 aromatic carbocycles. The van der Waals surface area contributed by atoms with Gasteiger partial charge in [-0.2, -0.15) is 0 Å². The van der Waals surface area contributed by atoms with Gasteiger partial charge in [-0.25, -0.2) is 5.06 Å². The number of hydroxylamine groups is 2. The van der Waals surface area contributed by atoms with Crippen molar-refractivity contribution in [3.05, 3.63) is 34.2 Å². The lowest BCUT2D eigenvalue weighted by Crippen LogP contribution is -2.32. The Morgan fingerprint density at radius 2 is 2.06 bits per heavy atom. The van der Waals surface area contributed by atoms with Gasteiger partial charge in [0.05, 0.1) is 0 Å². The second-order valence-electron chi connectivity index (χ2n) is 5.05. The van der Waals surface area contributed by atoms with Crippen LogP contribution in [0.15, 0.2) is 23.1 Å². The standard InChI is InChI=1S/C12H18N2O3/c1-12(2,3)9-5-6-14(10(15)7-9)8-11(16)13(4)17/h5-7,17H,8H2,1-4H3. The van der Waals surface area contributed by atoms with E-state index in [0.29, 0.717) is 5.06 Å². The van der Waals surface area contributed by atoms with Crippen molar-refractivity contribution in [1.29, 1.82) is 0 Å². The first-order chi connectivity index (χ1) is 7.71. The number of carbonyl (C=O) groups excluding carboxylic acids is 1. The molecule has 0 aliphatic heterocycles. The van der Waals surface area contributed by atoms with Crippen molar-refractivity contribution in [2.75, 3.05) is 7.05 Å². The number of rotatable bonds is 2. The summed E-state index contributed by atoms with van der Waals surface area (Å²) in [6, 6.07) is 3.33. The van der Waals surface area contributed by atoms with E-state index in [4.69, 9.17) is 5.21 Å². The Balaban J connectivity index is 3.00. The number of pyridine rings is 1. The highest BCUT2D eigenvalue weighted by Gasteiger charge is 2.15. The fourth-order valence-electron chi connectivity index (χ4n) is 1.35. The molecule has 0 unspecified atom stereocenters. The van der Waals surface area contributed by atoms with Crippen LogP contribution in [0.25, 0.3) is 0 Å².